The molecule has 2 aromatic rings. The molecular weight excluding hydrogens is 217 g/mol. The average Bonchev–Trinajstić information content (AvgIpc) is 2.69. The summed E-state index contributed by atoms with van der Waals surface area (Å²) in [5.41, 5.74) is 2.01. The number of hydrogen-bond acceptors (Lipinski definition) is 2. The van der Waals surface area contributed by atoms with Gasteiger partial charge in [0.05, 0.1) is 5.69 Å². The smallest absolute Gasteiger partial charge is 0.146 e. The molecule has 0 spiro atoms. The van der Waals surface area contributed by atoms with Gasteiger partial charge in [-0.3, -0.25) is 0 Å². The van der Waals surface area contributed by atoms with Crippen molar-refractivity contribution in [1.29, 1.82) is 5.26 Å². The molecule has 4 heteroatoms. The summed E-state index contributed by atoms with van der Waals surface area (Å²) in [4.78, 5) is 0. The van der Waals surface area contributed by atoms with Crippen molar-refractivity contribution in [2.45, 2.75) is 6.54 Å². The van der Waals surface area contributed by atoms with E-state index >= 15 is 0 Å². The third-order valence-corrected chi connectivity index (χ3v) is 2.53. The molecule has 0 saturated heterocycles. The van der Waals surface area contributed by atoms with E-state index in [-0.39, 0.29) is 5.82 Å². The first-order valence-corrected chi connectivity index (χ1v) is 5.24. The number of nitrogens with zero attached hydrogens (tertiary/aromatic N) is 2. The summed E-state index contributed by atoms with van der Waals surface area (Å²) in [5, 5.41) is 11.8. The standard InChI is InChI=1S/C13H12FN3/c1-17-9-10(6-11(17)7-15)8-16-13-5-3-2-4-12(13)14/h2-6,9,16H,8H2,1H3. The van der Waals surface area contributed by atoms with E-state index in [9.17, 15) is 4.39 Å². The fourth-order valence-electron chi connectivity index (χ4n) is 1.64. The van der Waals surface area contributed by atoms with Gasteiger partial charge in [-0.15, -0.1) is 0 Å². The Hall–Kier alpha value is -2.28. The molecule has 1 heterocycles. The summed E-state index contributed by atoms with van der Waals surface area (Å²) in [7, 11) is 1.81. The second kappa shape index (κ2) is 4.71. The molecule has 0 atom stereocenters. The van der Waals surface area contributed by atoms with Gasteiger partial charge in [0.2, 0.25) is 0 Å². The molecule has 1 N–H and O–H groups in total. The Labute approximate surface area is 99.1 Å². The van der Waals surface area contributed by atoms with Gasteiger partial charge in [-0.25, -0.2) is 4.39 Å². The van der Waals surface area contributed by atoms with Crippen LogP contribution in [0.15, 0.2) is 36.5 Å². The van der Waals surface area contributed by atoms with Crippen LogP contribution in [-0.2, 0) is 13.6 Å². The Balaban J connectivity index is 2.08. The molecule has 0 bridgehead atoms. The first kappa shape index (κ1) is 11.2. The van der Waals surface area contributed by atoms with Gasteiger partial charge in [0.1, 0.15) is 17.6 Å². The van der Waals surface area contributed by atoms with E-state index in [1.165, 1.54) is 6.07 Å². The first-order valence-electron chi connectivity index (χ1n) is 5.24. The van der Waals surface area contributed by atoms with Crippen LogP contribution in [0.3, 0.4) is 0 Å². The highest BCUT2D eigenvalue weighted by atomic mass is 19.1. The van der Waals surface area contributed by atoms with E-state index in [0.717, 1.165) is 5.56 Å². The molecule has 0 unspecified atom stereocenters. The van der Waals surface area contributed by atoms with Gasteiger partial charge >= 0.3 is 0 Å². The minimum Gasteiger partial charge on any atom is -0.379 e. The average molecular weight is 229 g/mol. The fourth-order valence-corrected chi connectivity index (χ4v) is 1.64. The van der Waals surface area contributed by atoms with Crippen LogP contribution in [0.2, 0.25) is 0 Å². The van der Waals surface area contributed by atoms with Crippen molar-refractivity contribution >= 4 is 5.69 Å². The van der Waals surface area contributed by atoms with Crippen LogP contribution in [0.25, 0.3) is 0 Å². The number of hydrogen-bond donors (Lipinski definition) is 1. The zero-order chi connectivity index (χ0) is 12.3. The molecule has 1 aromatic heterocycles. The maximum absolute atomic E-state index is 13.3. The molecule has 0 fully saturated rings. The van der Waals surface area contributed by atoms with E-state index in [1.807, 2.05) is 13.2 Å². The van der Waals surface area contributed by atoms with Crippen molar-refractivity contribution in [3.8, 4) is 6.07 Å². The molecule has 0 saturated carbocycles. The van der Waals surface area contributed by atoms with Gasteiger partial charge in [-0.2, -0.15) is 5.26 Å². The highest BCUT2D eigenvalue weighted by molar-refractivity contribution is 5.45. The lowest BCUT2D eigenvalue weighted by atomic mass is 10.2. The van der Waals surface area contributed by atoms with Crippen LogP contribution in [0, 0.1) is 17.1 Å². The maximum Gasteiger partial charge on any atom is 0.146 e. The second-order valence-electron chi connectivity index (χ2n) is 3.79. The molecule has 17 heavy (non-hydrogen) atoms. The van der Waals surface area contributed by atoms with Crippen LogP contribution in [0.1, 0.15) is 11.3 Å². The monoisotopic (exact) mass is 229 g/mol. The van der Waals surface area contributed by atoms with E-state index in [2.05, 4.69) is 11.4 Å². The summed E-state index contributed by atoms with van der Waals surface area (Å²) < 4.78 is 15.1. The number of nitriles is 1. The quantitative estimate of drug-likeness (QED) is 0.879. The highest BCUT2D eigenvalue weighted by Crippen LogP contribution is 2.14. The SMILES string of the molecule is Cn1cc(CNc2ccccc2F)cc1C#N. The normalized spacial score (nSPS) is 9.94. The van der Waals surface area contributed by atoms with Gasteiger partial charge in [-0.1, -0.05) is 12.1 Å². The number of para-hydroxylation sites is 1. The summed E-state index contributed by atoms with van der Waals surface area (Å²) in [5.74, 6) is -0.274. The van der Waals surface area contributed by atoms with E-state index in [0.29, 0.717) is 17.9 Å². The van der Waals surface area contributed by atoms with Crippen molar-refractivity contribution in [2.75, 3.05) is 5.32 Å². The minimum atomic E-state index is -0.274. The van der Waals surface area contributed by atoms with Crippen molar-refractivity contribution in [1.82, 2.24) is 4.57 Å². The molecule has 86 valence electrons. The third kappa shape index (κ3) is 2.45. The van der Waals surface area contributed by atoms with Crippen molar-refractivity contribution < 1.29 is 4.39 Å². The van der Waals surface area contributed by atoms with Crippen LogP contribution < -0.4 is 5.32 Å². The zero-order valence-electron chi connectivity index (χ0n) is 9.44. The molecular formula is C13H12FN3. The van der Waals surface area contributed by atoms with Crippen molar-refractivity contribution in [2.24, 2.45) is 7.05 Å². The number of nitrogens with one attached hydrogen (secondary N) is 1. The van der Waals surface area contributed by atoms with Gasteiger partial charge in [-0.05, 0) is 23.8 Å². The van der Waals surface area contributed by atoms with Crippen molar-refractivity contribution in [3.63, 3.8) is 0 Å². The van der Waals surface area contributed by atoms with Crippen LogP contribution >= 0.6 is 0 Å². The summed E-state index contributed by atoms with van der Waals surface area (Å²) >= 11 is 0. The Morgan fingerprint density at radius 1 is 1.41 bits per heavy atom. The van der Waals surface area contributed by atoms with Crippen LogP contribution in [0.4, 0.5) is 10.1 Å². The number of rotatable bonds is 3. The number of aryl methyl sites for hydroxylation is 1. The van der Waals surface area contributed by atoms with Gasteiger partial charge in [0.15, 0.2) is 0 Å². The van der Waals surface area contributed by atoms with Crippen LogP contribution in [-0.4, -0.2) is 4.57 Å². The third-order valence-electron chi connectivity index (χ3n) is 2.53. The second-order valence-corrected chi connectivity index (χ2v) is 3.79. The highest BCUT2D eigenvalue weighted by Gasteiger charge is 2.03. The molecule has 0 aliphatic carbocycles. The van der Waals surface area contributed by atoms with E-state index in [1.54, 1.807) is 28.8 Å². The maximum atomic E-state index is 13.3. The topological polar surface area (TPSA) is 40.8 Å². The molecule has 2 rings (SSSR count). The molecule has 1 aromatic carbocycles. The molecule has 0 amide bonds. The number of benzene rings is 1. The lowest BCUT2D eigenvalue weighted by Crippen LogP contribution is -2.00. The Bertz CT molecular complexity index is 566. The lowest BCUT2D eigenvalue weighted by molar-refractivity contribution is 0.630. The fraction of sp³-hybridized carbons (Fsp3) is 0.154. The minimum absolute atomic E-state index is 0.274. The number of aromatic nitrogens is 1. The largest absolute Gasteiger partial charge is 0.379 e. The molecule has 3 nitrogen and oxygen atoms in total. The summed E-state index contributed by atoms with van der Waals surface area (Å²) in [6.45, 7) is 0.496. The molecule has 0 radical (unpaired) electrons. The van der Waals surface area contributed by atoms with E-state index < -0.39 is 0 Å². The molecule has 0 aliphatic heterocycles. The van der Waals surface area contributed by atoms with Gasteiger partial charge in [0, 0.05) is 19.8 Å². The summed E-state index contributed by atoms with van der Waals surface area (Å²) in [6, 6.07) is 10.4. The predicted octanol–water partition coefficient (Wildman–Crippen LogP) is 2.65. The first-order chi connectivity index (χ1) is 8.20. The predicted molar refractivity (Wildman–Crippen MR) is 63.9 cm³/mol. The zero-order valence-corrected chi connectivity index (χ0v) is 9.44. The number of halogens is 1. The molecule has 0 aliphatic rings. The number of anilines is 1. The van der Waals surface area contributed by atoms with E-state index in [4.69, 9.17) is 5.26 Å². The Morgan fingerprint density at radius 2 is 2.18 bits per heavy atom. The summed E-state index contributed by atoms with van der Waals surface area (Å²) in [6.07, 6.45) is 1.85. The Morgan fingerprint density at radius 3 is 2.82 bits per heavy atom. The van der Waals surface area contributed by atoms with Gasteiger partial charge in [0.25, 0.3) is 0 Å². The van der Waals surface area contributed by atoms with Gasteiger partial charge < -0.3 is 9.88 Å². The van der Waals surface area contributed by atoms with Crippen LogP contribution in [0.5, 0.6) is 0 Å². The Kier molecular flexibility index (Phi) is 3.10. The lowest BCUT2D eigenvalue weighted by Gasteiger charge is -2.05. The van der Waals surface area contributed by atoms with Crippen molar-refractivity contribution in [3.05, 3.63) is 53.6 Å².